The van der Waals surface area contributed by atoms with Crippen LogP contribution in [0, 0.1) is 11.3 Å². The summed E-state index contributed by atoms with van der Waals surface area (Å²) in [5.74, 6) is -1.48. The second-order valence-corrected chi connectivity index (χ2v) is 7.86. The Morgan fingerprint density at radius 1 is 1.28 bits per heavy atom. The fourth-order valence-electron chi connectivity index (χ4n) is 3.56. The third-order valence-electron chi connectivity index (χ3n) is 4.83. The number of cyclic esters (lactones) is 1. The number of rotatable bonds is 4. The van der Waals surface area contributed by atoms with E-state index in [1.807, 2.05) is 57.2 Å². The summed E-state index contributed by atoms with van der Waals surface area (Å²) in [6.07, 6.45) is 2.58. The van der Waals surface area contributed by atoms with Crippen molar-refractivity contribution in [3.05, 3.63) is 47.5 Å². The monoisotopic (exact) mass is 344 g/mol. The van der Waals surface area contributed by atoms with E-state index in [4.69, 9.17) is 14.6 Å². The first-order valence-corrected chi connectivity index (χ1v) is 8.59. The van der Waals surface area contributed by atoms with Crippen molar-refractivity contribution in [3.63, 3.8) is 0 Å². The van der Waals surface area contributed by atoms with Crippen LogP contribution in [0.4, 0.5) is 0 Å². The van der Waals surface area contributed by atoms with Gasteiger partial charge < -0.3 is 14.6 Å². The van der Waals surface area contributed by atoms with E-state index in [9.17, 15) is 9.59 Å². The largest absolute Gasteiger partial charge is 0.481 e. The van der Waals surface area contributed by atoms with E-state index >= 15 is 0 Å². The van der Waals surface area contributed by atoms with Gasteiger partial charge in [0.2, 0.25) is 11.9 Å². The van der Waals surface area contributed by atoms with Crippen molar-refractivity contribution in [2.45, 2.75) is 51.9 Å². The van der Waals surface area contributed by atoms with E-state index in [1.165, 1.54) is 0 Å². The average Bonchev–Trinajstić information content (AvgIpc) is 3.12. The van der Waals surface area contributed by atoms with Gasteiger partial charge in [0.1, 0.15) is 0 Å². The van der Waals surface area contributed by atoms with Gasteiger partial charge in [0.05, 0.1) is 6.42 Å². The first-order chi connectivity index (χ1) is 11.7. The van der Waals surface area contributed by atoms with E-state index in [2.05, 4.69) is 0 Å². The number of hydrogen-bond donors (Lipinski definition) is 1. The quantitative estimate of drug-likeness (QED) is 0.667. The van der Waals surface area contributed by atoms with Gasteiger partial charge in [-0.3, -0.25) is 4.79 Å². The molecule has 0 aromatic heterocycles. The summed E-state index contributed by atoms with van der Waals surface area (Å²) in [5.41, 5.74) is 0.0331. The Bertz CT molecular complexity index is 701. The predicted molar refractivity (Wildman–Crippen MR) is 91.6 cm³/mol. The number of carbonyl (C=O) groups excluding carboxylic acids is 1. The molecule has 0 saturated carbocycles. The number of aliphatic carboxylic acids is 1. The molecule has 3 atom stereocenters. The molecule has 0 unspecified atom stereocenters. The van der Waals surface area contributed by atoms with Crippen molar-refractivity contribution in [2.24, 2.45) is 11.3 Å². The lowest BCUT2D eigenvalue weighted by molar-refractivity contribution is -0.159. The topological polar surface area (TPSA) is 72.8 Å². The molecule has 134 valence electrons. The molecule has 1 N–H and O–H groups in total. The zero-order chi connectivity index (χ0) is 18.2. The lowest BCUT2D eigenvalue weighted by Crippen LogP contribution is -2.41. The molecule has 2 aliphatic rings. The molecule has 3 rings (SSSR count). The maximum Gasteiger partial charge on any atom is 0.346 e. The number of hydrogen-bond acceptors (Lipinski definition) is 4. The van der Waals surface area contributed by atoms with Crippen molar-refractivity contribution in [2.75, 3.05) is 0 Å². The van der Waals surface area contributed by atoms with Crippen LogP contribution in [0.25, 0.3) is 0 Å². The second-order valence-electron chi connectivity index (χ2n) is 7.86. The van der Waals surface area contributed by atoms with Gasteiger partial charge in [0.15, 0.2) is 0 Å². The maximum atomic E-state index is 13.0. The van der Waals surface area contributed by atoms with Crippen LogP contribution in [0.1, 0.15) is 45.6 Å². The molecule has 1 aliphatic carbocycles. The van der Waals surface area contributed by atoms with E-state index in [-0.39, 0.29) is 17.8 Å². The van der Waals surface area contributed by atoms with E-state index < -0.39 is 23.8 Å². The summed E-state index contributed by atoms with van der Waals surface area (Å²) in [6.45, 7) is 5.89. The Morgan fingerprint density at radius 2 is 1.96 bits per heavy atom. The molecule has 0 bridgehead atoms. The van der Waals surface area contributed by atoms with Crippen molar-refractivity contribution < 1.29 is 24.2 Å². The van der Waals surface area contributed by atoms with Crippen LogP contribution in [0.5, 0.6) is 0 Å². The highest BCUT2D eigenvalue weighted by Gasteiger charge is 2.58. The van der Waals surface area contributed by atoms with Crippen LogP contribution >= 0.6 is 0 Å². The van der Waals surface area contributed by atoms with Crippen molar-refractivity contribution in [3.8, 4) is 0 Å². The number of esters is 1. The van der Waals surface area contributed by atoms with Gasteiger partial charge in [-0.05, 0) is 18.4 Å². The molecule has 1 aromatic rings. The van der Waals surface area contributed by atoms with Crippen LogP contribution in [-0.2, 0) is 24.7 Å². The van der Waals surface area contributed by atoms with Gasteiger partial charge in [0, 0.05) is 11.3 Å². The zero-order valence-electron chi connectivity index (χ0n) is 14.8. The van der Waals surface area contributed by atoms with Crippen LogP contribution in [0.15, 0.2) is 42.0 Å². The summed E-state index contributed by atoms with van der Waals surface area (Å²) in [4.78, 5) is 24.0. The molecule has 5 nitrogen and oxygen atoms in total. The van der Waals surface area contributed by atoms with E-state index in [1.54, 1.807) is 0 Å². The first kappa shape index (κ1) is 17.7. The van der Waals surface area contributed by atoms with Crippen LogP contribution in [-0.4, -0.2) is 23.3 Å². The standard InChI is InChI=1S/C20H24O5/c1-19(2,3)18-24-17(23)20(25-18,14-7-5-4-6-8-14)15-10-9-13(11-15)12-16(21)22/h4-8,11,15,18H,9-10,12H2,1-3H3,(H,21,22)/t15-,18+,20+/m1/s1. The Hall–Kier alpha value is -2.14. The first-order valence-electron chi connectivity index (χ1n) is 8.59. The molecule has 1 aromatic carbocycles. The SMILES string of the molecule is CC(C)(C)[C@H]1OC(=O)[C@](c2ccccc2)([C@H]2C=C(CC(=O)O)CC2)O1. The van der Waals surface area contributed by atoms with Crippen LogP contribution in [0.2, 0.25) is 0 Å². The predicted octanol–water partition coefficient (Wildman–Crippen LogP) is 3.64. The zero-order valence-corrected chi connectivity index (χ0v) is 14.8. The fraction of sp³-hybridized carbons (Fsp3) is 0.500. The molecule has 1 aliphatic heterocycles. The minimum absolute atomic E-state index is 0.000876. The lowest BCUT2D eigenvalue weighted by Gasteiger charge is -2.32. The number of benzene rings is 1. The summed E-state index contributed by atoms with van der Waals surface area (Å²) in [7, 11) is 0. The number of ether oxygens (including phenoxy) is 2. The van der Waals surface area contributed by atoms with Gasteiger partial charge in [-0.1, -0.05) is 62.8 Å². The van der Waals surface area contributed by atoms with Gasteiger partial charge in [-0.2, -0.15) is 0 Å². The molecular formula is C20H24O5. The average molecular weight is 344 g/mol. The summed E-state index contributed by atoms with van der Waals surface area (Å²) >= 11 is 0. The number of carboxylic acids is 1. The normalized spacial score (nSPS) is 29.4. The Kier molecular flexibility index (Phi) is 4.45. The van der Waals surface area contributed by atoms with Crippen molar-refractivity contribution in [1.29, 1.82) is 0 Å². The molecule has 1 saturated heterocycles. The van der Waals surface area contributed by atoms with Crippen molar-refractivity contribution in [1.82, 2.24) is 0 Å². The second kappa shape index (κ2) is 6.30. The van der Waals surface area contributed by atoms with Crippen molar-refractivity contribution >= 4 is 11.9 Å². The summed E-state index contributed by atoms with van der Waals surface area (Å²) in [5, 5.41) is 9.04. The van der Waals surface area contributed by atoms with E-state index in [0.717, 1.165) is 11.1 Å². The highest BCUT2D eigenvalue weighted by molar-refractivity contribution is 5.84. The molecule has 0 radical (unpaired) electrons. The van der Waals surface area contributed by atoms with Gasteiger partial charge >= 0.3 is 11.9 Å². The lowest BCUT2D eigenvalue weighted by atomic mass is 9.80. The number of carbonyl (C=O) groups is 2. The molecular weight excluding hydrogens is 320 g/mol. The van der Waals surface area contributed by atoms with Crippen LogP contribution < -0.4 is 0 Å². The Morgan fingerprint density at radius 3 is 2.52 bits per heavy atom. The molecule has 25 heavy (non-hydrogen) atoms. The molecule has 0 amide bonds. The third kappa shape index (κ3) is 3.21. The Labute approximate surface area is 147 Å². The third-order valence-corrected chi connectivity index (χ3v) is 4.83. The minimum atomic E-state index is -1.21. The number of carboxylic acid groups (broad SMARTS) is 1. The molecule has 1 fully saturated rings. The Balaban J connectivity index is 2.02. The summed E-state index contributed by atoms with van der Waals surface area (Å²) in [6, 6.07) is 9.37. The highest BCUT2D eigenvalue weighted by atomic mass is 16.8. The van der Waals surface area contributed by atoms with Gasteiger partial charge in [-0.15, -0.1) is 0 Å². The highest BCUT2D eigenvalue weighted by Crippen LogP contribution is 2.49. The molecule has 5 heteroatoms. The van der Waals surface area contributed by atoms with Gasteiger partial charge in [-0.25, -0.2) is 4.79 Å². The van der Waals surface area contributed by atoms with Crippen LogP contribution in [0.3, 0.4) is 0 Å². The molecule has 1 heterocycles. The molecule has 0 spiro atoms. The minimum Gasteiger partial charge on any atom is -0.481 e. The van der Waals surface area contributed by atoms with Gasteiger partial charge in [0.25, 0.3) is 0 Å². The van der Waals surface area contributed by atoms with E-state index in [0.29, 0.717) is 12.8 Å². The summed E-state index contributed by atoms with van der Waals surface area (Å²) < 4.78 is 11.9. The maximum absolute atomic E-state index is 13.0. The fourth-order valence-corrected chi connectivity index (χ4v) is 3.56. The smallest absolute Gasteiger partial charge is 0.346 e.